The van der Waals surface area contributed by atoms with Crippen molar-refractivity contribution in [3.8, 4) is 5.75 Å². The molecule has 0 fully saturated rings. The maximum atomic E-state index is 13.2. The van der Waals surface area contributed by atoms with Gasteiger partial charge in [-0.05, 0) is 44.0 Å². The Morgan fingerprint density at radius 3 is 2.56 bits per heavy atom. The Labute approximate surface area is 144 Å². The van der Waals surface area contributed by atoms with Crippen LogP contribution in [0.2, 0.25) is 0 Å². The number of hydrogen-bond donors (Lipinski definition) is 0. The Balaban J connectivity index is 1.72. The monoisotopic (exact) mass is 348 g/mol. The van der Waals surface area contributed by atoms with Gasteiger partial charge in [0.05, 0.1) is 17.6 Å². The molecule has 3 nitrogen and oxygen atoms in total. The van der Waals surface area contributed by atoms with Crippen LogP contribution in [0.5, 0.6) is 5.75 Å². The van der Waals surface area contributed by atoms with Crippen LogP contribution in [0.15, 0.2) is 42.5 Å². The molecule has 0 saturated heterocycles. The average molecular weight is 348 g/mol. The van der Waals surface area contributed by atoms with Crippen molar-refractivity contribution in [3.63, 3.8) is 0 Å². The zero-order valence-electron chi connectivity index (χ0n) is 14.1. The number of fused-ring (bicyclic) bond motifs is 1. The van der Waals surface area contributed by atoms with Crippen molar-refractivity contribution in [3.05, 3.63) is 59.4 Å². The number of nitrogens with zero attached hydrogens (tertiary/aromatic N) is 2. The lowest BCUT2D eigenvalue weighted by Crippen LogP contribution is -2.16. The third-order valence-electron chi connectivity index (χ3n) is 4.02. The molecule has 25 heavy (non-hydrogen) atoms. The summed E-state index contributed by atoms with van der Waals surface area (Å²) in [6.45, 7) is 4.49. The van der Waals surface area contributed by atoms with Crippen molar-refractivity contribution in [1.82, 2.24) is 9.55 Å². The van der Waals surface area contributed by atoms with Crippen LogP contribution in [0.1, 0.15) is 23.4 Å². The van der Waals surface area contributed by atoms with E-state index < -0.39 is 12.0 Å². The lowest BCUT2D eigenvalue weighted by molar-refractivity contribution is -0.147. The molecule has 1 aromatic heterocycles. The molecular formula is C19H19F3N2O. The highest BCUT2D eigenvalue weighted by atomic mass is 19.4. The number of hydrogen-bond acceptors (Lipinski definition) is 2. The fraction of sp³-hybridized carbons (Fsp3) is 0.316. The first-order valence-electron chi connectivity index (χ1n) is 8.09. The topological polar surface area (TPSA) is 27.1 Å². The van der Waals surface area contributed by atoms with Crippen LogP contribution >= 0.6 is 0 Å². The third kappa shape index (κ3) is 3.78. The molecule has 0 N–H and O–H groups in total. The maximum Gasteiger partial charge on any atom is 0.449 e. The van der Waals surface area contributed by atoms with Crippen molar-refractivity contribution in [2.75, 3.05) is 6.61 Å². The van der Waals surface area contributed by atoms with E-state index in [2.05, 4.69) is 4.98 Å². The molecule has 0 aliphatic carbocycles. The predicted molar refractivity (Wildman–Crippen MR) is 90.8 cm³/mol. The van der Waals surface area contributed by atoms with Gasteiger partial charge >= 0.3 is 6.18 Å². The second-order valence-corrected chi connectivity index (χ2v) is 6.04. The molecule has 6 heteroatoms. The number of imidazole rings is 1. The standard InChI is InChI=1S/C19H19F3N2O/c1-13-8-9-17(14(2)12-13)25-11-5-10-24-16-7-4-3-6-15(16)23-18(24)19(20,21)22/h3-4,6-9,12H,5,10-11H2,1-2H3. The summed E-state index contributed by atoms with van der Waals surface area (Å²) >= 11 is 0. The zero-order valence-corrected chi connectivity index (χ0v) is 14.1. The van der Waals surface area contributed by atoms with E-state index >= 15 is 0 Å². The smallest absolute Gasteiger partial charge is 0.449 e. The summed E-state index contributed by atoms with van der Waals surface area (Å²) in [6.07, 6.45) is -4.02. The summed E-state index contributed by atoms with van der Waals surface area (Å²) in [5.41, 5.74) is 3.00. The van der Waals surface area contributed by atoms with E-state index in [1.54, 1.807) is 24.3 Å². The number of ether oxygens (including phenoxy) is 1. The minimum Gasteiger partial charge on any atom is -0.493 e. The van der Waals surface area contributed by atoms with Gasteiger partial charge in [0.25, 0.3) is 0 Å². The van der Waals surface area contributed by atoms with Crippen molar-refractivity contribution in [2.24, 2.45) is 0 Å². The number of rotatable bonds is 5. The summed E-state index contributed by atoms with van der Waals surface area (Å²) in [5, 5.41) is 0. The largest absolute Gasteiger partial charge is 0.493 e. The van der Waals surface area contributed by atoms with E-state index in [9.17, 15) is 13.2 Å². The lowest BCUT2D eigenvalue weighted by atomic mass is 10.1. The molecule has 0 atom stereocenters. The maximum absolute atomic E-state index is 13.2. The van der Waals surface area contributed by atoms with Gasteiger partial charge in [-0.2, -0.15) is 13.2 Å². The average Bonchev–Trinajstić information content (AvgIpc) is 2.92. The molecule has 3 rings (SSSR count). The van der Waals surface area contributed by atoms with Crippen molar-refractivity contribution in [2.45, 2.75) is 33.0 Å². The van der Waals surface area contributed by atoms with Gasteiger partial charge in [-0.3, -0.25) is 0 Å². The van der Waals surface area contributed by atoms with Crippen molar-refractivity contribution >= 4 is 11.0 Å². The van der Waals surface area contributed by atoms with Gasteiger partial charge < -0.3 is 9.30 Å². The molecule has 0 amide bonds. The predicted octanol–water partition coefficient (Wildman–Crippen LogP) is 5.14. The number of aryl methyl sites for hydroxylation is 3. The van der Waals surface area contributed by atoms with Crippen LogP contribution < -0.4 is 4.74 Å². The van der Waals surface area contributed by atoms with Crippen molar-refractivity contribution < 1.29 is 17.9 Å². The first kappa shape index (κ1) is 17.3. The first-order chi connectivity index (χ1) is 11.9. The quantitative estimate of drug-likeness (QED) is 0.597. The van der Waals surface area contributed by atoms with Gasteiger partial charge in [0, 0.05) is 6.54 Å². The van der Waals surface area contributed by atoms with Gasteiger partial charge in [0.15, 0.2) is 0 Å². The van der Waals surface area contributed by atoms with E-state index in [1.807, 2.05) is 32.0 Å². The van der Waals surface area contributed by atoms with Crippen molar-refractivity contribution in [1.29, 1.82) is 0 Å². The normalized spacial score (nSPS) is 11.9. The van der Waals surface area contributed by atoms with Gasteiger partial charge in [-0.25, -0.2) is 4.98 Å². The molecule has 132 valence electrons. The fourth-order valence-corrected chi connectivity index (χ4v) is 2.88. The SMILES string of the molecule is Cc1ccc(OCCCn2c(C(F)(F)F)nc3ccccc32)c(C)c1. The molecule has 0 spiro atoms. The highest BCUT2D eigenvalue weighted by Gasteiger charge is 2.37. The highest BCUT2D eigenvalue weighted by Crippen LogP contribution is 2.31. The highest BCUT2D eigenvalue weighted by molar-refractivity contribution is 5.76. The molecule has 3 aromatic rings. The summed E-state index contributed by atoms with van der Waals surface area (Å²) in [4.78, 5) is 3.74. The van der Waals surface area contributed by atoms with E-state index in [0.29, 0.717) is 24.1 Å². The molecule has 0 aliphatic heterocycles. The Kier molecular flexibility index (Phi) is 4.70. The minimum atomic E-state index is -4.48. The van der Waals surface area contributed by atoms with Crippen LogP contribution in [0.25, 0.3) is 11.0 Å². The Morgan fingerprint density at radius 2 is 1.84 bits per heavy atom. The zero-order chi connectivity index (χ0) is 18.0. The number of benzene rings is 2. The van der Waals surface area contributed by atoms with Gasteiger partial charge in [-0.15, -0.1) is 0 Å². The van der Waals surface area contributed by atoms with Crippen LogP contribution in [-0.2, 0) is 12.7 Å². The molecule has 2 aromatic carbocycles. The molecule has 1 heterocycles. The molecule has 0 radical (unpaired) electrons. The van der Waals surface area contributed by atoms with E-state index in [-0.39, 0.29) is 6.54 Å². The Morgan fingerprint density at radius 1 is 1.08 bits per heavy atom. The van der Waals surface area contributed by atoms with Gasteiger partial charge in [-0.1, -0.05) is 29.8 Å². The van der Waals surface area contributed by atoms with Crippen LogP contribution in [0.4, 0.5) is 13.2 Å². The Hall–Kier alpha value is -2.50. The summed E-state index contributed by atoms with van der Waals surface area (Å²) < 4.78 is 46.6. The first-order valence-corrected chi connectivity index (χ1v) is 8.09. The molecule has 0 aliphatic rings. The summed E-state index contributed by atoms with van der Waals surface area (Å²) in [7, 11) is 0. The summed E-state index contributed by atoms with van der Waals surface area (Å²) in [6, 6.07) is 12.5. The molecule has 0 bridgehead atoms. The van der Waals surface area contributed by atoms with Gasteiger partial charge in [0.2, 0.25) is 5.82 Å². The third-order valence-corrected chi connectivity index (χ3v) is 4.02. The molecular weight excluding hydrogens is 329 g/mol. The van der Waals surface area contributed by atoms with Crippen LogP contribution in [-0.4, -0.2) is 16.2 Å². The number of aromatic nitrogens is 2. The van der Waals surface area contributed by atoms with Gasteiger partial charge in [0.1, 0.15) is 5.75 Å². The van der Waals surface area contributed by atoms with E-state index in [1.165, 1.54) is 4.57 Å². The van der Waals surface area contributed by atoms with E-state index in [4.69, 9.17) is 4.74 Å². The second-order valence-electron chi connectivity index (χ2n) is 6.04. The van der Waals surface area contributed by atoms with Crippen LogP contribution in [0.3, 0.4) is 0 Å². The lowest BCUT2D eigenvalue weighted by Gasteiger charge is -2.13. The fourth-order valence-electron chi connectivity index (χ4n) is 2.88. The van der Waals surface area contributed by atoms with E-state index in [0.717, 1.165) is 16.9 Å². The number of alkyl halides is 3. The minimum absolute atomic E-state index is 0.195. The van der Waals surface area contributed by atoms with Crippen LogP contribution in [0, 0.1) is 13.8 Å². The molecule has 0 saturated carbocycles. The second kappa shape index (κ2) is 6.78. The number of halogens is 3. The Bertz CT molecular complexity index is 884. The summed E-state index contributed by atoms with van der Waals surface area (Å²) in [5.74, 6) is -0.0997. The molecule has 0 unspecified atom stereocenters. The number of para-hydroxylation sites is 2.